The van der Waals surface area contributed by atoms with Gasteiger partial charge >= 0.3 is 12.2 Å². The molecule has 0 aliphatic carbocycles. The van der Waals surface area contributed by atoms with Crippen LogP contribution < -0.4 is 4.90 Å². The zero-order valence-corrected chi connectivity index (χ0v) is 17.1. The van der Waals surface area contributed by atoms with Gasteiger partial charge in [-0.2, -0.15) is 4.80 Å². The largest absolute Gasteiger partial charge is 0.465 e. The van der Waals surface area contributed by atoms with Gasteiger partial charge in [0, 0.05) is 24.4 Å². The van der Waals surface area contributed by atoms with Crippen LogP contribution in [-0.2, 0) is 18.2 Å². The molecule has 5 rings (SSSR count). The number of halogens is 1. The first-order valence-electron chi connectivity index (χ1n) is 9.79. The molecule has 0 bridgehead atoms. The van der Waals surface area contributed by atoms with Gasteiger partial charge in [0.1, 0.15) is 17.6 Å². The van der Waals surface area contributed by atoms with E-state index in [0.29, 0.717) is 34.8 Å². The lowest BCUT2D eigenvalue weighted by atomic mass is 10.00. The zero-order valence-electron chi connectivity index (χ0n) is 17.1. The number of aryl methyl sites for hydroxylation is 1. The highest BCUT2D eigenvalue weighted by Gasteiger charge is 2.48. The summed E-state index contributed by atoms with van der Waals surface area (Å²) in [6.45, 7) is 0.0351. The fourth-order valence-electron chi connectivity index (χ4n) is 4.09. The lowest BCUT2D eigenvalue weighted by molar-refractivity contribution is 0.0961. The fraction of sp³-hybridized carbons (Fsp3) is 0.300. The number of hydrogen-bond acceptors (Lipinski definition) is 7. The molecule has 2 aliphatic heterocycles. The Morgan fingerprint density at radius 1 is 1.38 bits per heavy atom. The highest BCUT2D eigenvalue weighted by atomic mass is 19.1. The summed E-state index contributed by atoms with van der Waals surface area (Å²) in [4.78, 5) is 31.7. The number of aromatic nitrogens is 5. The minimum atomic E-state index is -1.11. The molecule has 1 aromatic carbocycles. The van der Waals surface area contributed by atoms with Gasteiger partial charge in [0.15, 0.2) is 0 Å². The van der Waals surface area contributed by atoms with Crippen LogP contribution in [-0.4, -0.2) is 73.1 Å². The maximum absolute atomic E-state index is 15.0. The molecule has 32 heavy (non-hydrogen) atoms. The lowest BCUT2D eigenvalue weighted by Crippen LogP contribution is -2.41. The molecule has 1 N–H and O–H groups in total. The molecule has 0 saturated carbocycles. The van der Waals surface area contributed by atoms with Crippen molar-refractivity contribution >= 4 is 17.9 Å². The molecule has 11 nitrogen and oxygen atoms in total. The third kappa shape index (κ3) is 3.20. The number of hydrogen-bond donors (Lipinski definition) is 1. The number of likely N-dealkylation sites (N-methyl/N-ethyl adjacent to an activating group) is 1. The van der Waals surface area contributed by atoms with Gasteiger partial charge in [0.25, 0.3) is 0 Å². The molecule has 2 amide bonds. The van der Waals surface area contributed by atoms with Gasteiger partial charge in [0.05, 0.1) is 25.3 Å². The van der Waals surface area contributed by atoms with Crippen LogP contribution in [0.3, 0.4) is 0 Å². The van der Waals surface area contributed by atoms with E-state index in [0.717, 1.165) is 10.5 Å². The second-order valence-electron chi connectivity index (χ2n) is 7.72. The number of ether oxygens (including phenoxy) is 1. The number of rotatable bonds is 4. The first-order valence-corrected chi connectivity index (χ1v) is 9.79. The zero-order chi connectivity index (χ0) is 22.6. The summed E-state index contributed by atoms with van der Waals surface area (Å²) in [6.07, 6.45) is -0.390. The summed E-state index contributed by atoms with van der Waals surface area (Å²) in [5.74, 6) is -0.138. The van der Waals surface area contributed by atoms with Gasteiger partial charge in [-0.05, 0) is 35.4 Å². The van der Waals surface area contributed by atoms with Gasteiger partial charge in [-0.3, -0.25) is 9.88 Å². The van der Waals surface area contributed by atoms with Crippen molar-refractivity contribution in [1.29, 1.82) is 0 Å². The number of cyclic esters (lactones) is 1. The van der Waals surface area contributed by atoms with E-state index in [1.165, 1.54) is 29.0 Å². The predicted molar refractivity (Wildman–Crippen MR) is 108 cm³/mol. The first-order chi connectivity index (χ1) is 15.3. The Kier molecular flexibility index (Phi) is 4.50. The summed E-state index contributed by atoms with van der Waals surface area (Å²) >= 11 is 0. The quantitative estimate of drug-likeness (QED) is 0.654. The average Bonchev–Trinajstić information content (AvgIpc) is 3.43. The number of anilines is 1. The van der Waals surface area contributed by atoms with Crippen molar-refractivity contribution in [1.82, 2.24) is 30.1 Å². The molecule has 2 atom stereocenters. The van der Waals surface area contributed by atoms with Crippen LogP contribution in [0.5, 0.6) is 0 Å². The molecule has 0 radical (unpaired) electrons. The number of carbonyl (C=O) groups is 2. The molecule has 3 aromatic rings. The molecule has 1 fully saturated rings. The smallest absolute Gasteiger partial charge is 0.415 e. The SMILES string of the molecule is CN(C[C@@H]1OC(=O)N2c3cc(F)c(-c4ccc(-c5nnn(C)n5)nc4)cc3C[C@@H]12)C(=O)O. The van der Waals surface area contributed by atoms with Crippen LogP contribution in [0, 0.1) is 5.82 Å². The number of nitrogens with zero attached hydrogens (tertiary/aromatic N) is 7. The van der Waals surface area contributed by atoms with Crippen molar-refractivity contribution in [3.63, 3.8) is 0 Å². The molecule has 2 aliphatic rings. The van der Waals surface area contributed by atoms with Gasteiger partial charge in [0.2, 0.25) is 5.82 Å². The van der Waals surface area contributed by atoms with E-state index < -0.39 is 30.1 Å². The Bertz CT molecular complexity index is 1230. The first kappa shape index (κ1) is 19.8. The van der Waals surface area contributed by atoms with Gasteiger partial charge < -0.3 is 14.7 Å². The standard InChI is InChI=1S/C20H18FN7O4/c1-26(19(29)30)9-17-16-6-11-5-12(13(21)7-15(11)28(16)20(31)32-17)10-3-4-14(22-8-10)18-23-25-27(2)24-18/h3-5,7-8,16-17H,6,9H2,1-2H3,(H,29,30)/t16-,17-/m0/s1. The Labute approximate surface area is 181 Å². The van der Waals surface area contributed by atoms with Gasteiger partial charge in [-0.25, -0.2) is 14.0 Å². The average molecular weight is 439 g/mol. The molecule has 2 aromatic heterocycles. The minimum absolute atomic E-state index is 0.0351. The van der Waals surface area contributed by atoms with Crippen molar-refractivity contribution in [2.24, 2.45) is 7.05 Å². The summed E-state index contributed by atoms with van der Waals surface area (Å²) in [6, 6.07) is 6.03. The van der Waals surface area contributed by atoms with E-state index in [2.05, 4.69) is 20.4 Å². The van der Waals surface area contributed by atoms with Crippen molar-refractivity contribution in [2.45, 2.75) is 18.6 Å². The van der Waals surface area contributed by atoms with E-state index >= 15 is 4.39 Å². The van der Waals surface area contributed by atoms with Crippen LogP contribution in [0.2, 0.25) is 0 Å². The second kappa shape index (κ2) is 7.25. The molecule has 164 valence electrons. The molecule has 0 spiro atoms. The number of benzene rings is 1. The minimum Gasteiger partial charge on any atom is -0.465 e. The van der Waals surface area contributed by atoms with Crippen LogP contribution in [0.15, 0.2) is 30.5 Å². The molecular weight excluding hydrogens is 421 g/mol. The maximum atomic E-state index is 15.0. The number of carbonyl (C=O) groups excluding carboxylic acids is 1. The number of pyridine rings is 1. The Balaban J connectivity index is 1.43. The van der Waals surface area contributed by atoms with Crippen LogP contribution in [0.4, 0.5) is 19.7 Å². The van der Waals surface area contributed by atoms with Crippen LogP contribution in [0.25, 0.3) is 22.6 Å². The second-order valence-corrected chi connectivity index (χ2v) is 7.72. The van der Waals surface area contributed by atoms with E-state index in [1.54, 1.807) is 25.2 Å². The third-order valence-electron chi connectivity index (χ3n) is 5.66. The molecule has 1 saturated heterocycles. The van der Waals surface area contributed by atoms with Crippen molar-refractivity contribution in [2.75, 3.05) is 18.5 Å². The highest BCUT2D eigenvalue weighted by molar-refractivity contribution is 5.94. The topological polar surface area (TPSA) is 127 Å². The van der Waals surface area contributed by atoms with Crippen molar-refractivity contribution < 1.29 is 23.8 Å². The van der Waals surface area contributed by atoms with Gasteiger partial charge in [-0.15, -0.1) is 10.2 Å². The lowest BCUT2D eigenvalue weighted by Gasteiger charge is -2.21. The normalized spacial score (nSPS) is 19.0. The van der Waals surface area contributed by atoms with E-state index in [-0.39, 0.29) is 6.54 Å². The highest BCUT2D eigenvalue weighted by Crippen LogP contribution is 2.41. The number of amides is 2. The maximum Gasteiger partial charge on any atom is 0.415 e. The number of tetrazole rings is 1. The van der Waals surface area contributed by atoms with Crippen molar-refractivity contribution in [3.05, 3.63) is 41.8 Å². The molecule has 12 heteroatoms. The molecule has 0 unspecified atom stereocenters. The number of carboxylic acid groups (broad SMARTS) is 1. The summed E-state index contributed by atoms with van der Waals surface area (Å²) < 4.78 is 20.4. The van der Waals surface area contributed by atoms with Crippen LogP contribution in [0.1, 0.15) is 5.56 Å². The van der Waals surface area contributed by atoms with Gasteiger partial charge in [-0.1, -0.05) is 6.07 Å². The Morgan fingerprint density at radius 3 is 2.84 bits per heavy atom. The van der Waals surface area contributed by atoms with E-state index in [9.17, 15) is 9.59 Å². The summed E-state index contributed by atoms with van der Waals surface area (Å²) in [7, 11) is 3.06. The van der Waals surface area contributed by atoms with E-state index in [1.807, 2.05) is 0 Å². The summed E-state index contributed by atoms with van der Waals surface area (Å²) in [5.41, 5.74) is 2.65. The third-order valence-corrected chi connectivity index (χ3v) is 5.66. The molecular formula is C20H18FN7O4. The van der Waals surface area contributed by atoms with Crippen LogP contribution >= 0.6 is 0 Å². The monoisotopic (exact) mass is 439 g/mol. The van der Waals surface area contributed by atoms with E-state index in [4.69, 9.17) is 9.84 Å². The fourth-order valence-corrected chi connectivity index (χ4v) is 4.09. The number of fused-ring (bicyclic) bond motifs is 3. The summed E-state index contributed by atoms with van der Waals surface area (Å²) in [5, 5.41) is 20.9. The van der Waals surface area contributed by atoms with Crippen molar-refractivity contribution in [3.8, 4) is 22.6 Å². The Hall–Kier alpha value is -4.09. The predicted octanol–water partition coefficient (Wildman–Crippen LogP) is 1.94. The molecule has 4 heterocycles. The Morgan fingerprint density at radius 2 is 2.19 bits per heavy atom.